The van der Waals surface area contributed by atoms with E-state index < -0.39 is 0 Å². The van der Waals surface area contributed by atoms with Gasteiger partial charge in [0.15, 0.2) is 0 Å². The quantitative estimate of drug-likeness (QED) is 0.549. The molecule has 0 fully saturated rings. The van der Waals surface area contributed by atoms with Gasteiger partial charge in [-0.3, -0.25) is 0 Å². The fraction of sp³-hybridized carbons (Fsp3) is 0.231. The van der Waals surface area contributed by atoms with Crippen LogP contribution in [0.4, 0.5) is 0 Å². The molecule has 14 heavy (non-hydrogen) atoms. The van der Waals surface area contributed by atoms with Crippen molar-refractivity contribution < 1.29 is 0 Å². The van der Waals surface area contributed by atoms with E-state index in [4.69, 9.17) is 0 Å². The monoisotopic (exact) mass is 204 g/mol. The summed E-state index contributed by atoms with van der Waals surface area (Å²) in [5.74, 6) is 0. The van der Waals surface area contributed by atoms with Gasteiger partial charge in [-0.2, -0.15) is 0 Å². The fourth-order valence-electron chi connectivity index (χ4n) is 1.34. The lowest BCUT2D eigenvalue weighted by molar-refractivity contribution is 1.23. The summed E-state index contributed by atoms with van der Waals surface area (Å²) in [6.07, 6.45) is 7.49. The molecule has 1 aromatic rings. The summed E-state index contributed by atoms with van der Waals surface area (Å²) in [5, 5.41) is 0. The second-order valence-electron chi connectivity index (χ2n) is 3.11. The van der Waals surface area contributed by atoms with Crippen molar-refractivity contribution in [1.29, 1.82) is 0 Å². The molecule has 0 radical (unpaired) electrons. The van der Waals surface area contributed by atoms with Gasteiger partial charge >= 0.3 is 0 Å². The smallest absolute Gasteiger partial charge is 0.00404 e. The van der Waals surface area contributed by atoms with Crippen molar-refractivity contribution in [3.63, 3.8) is 0 Å². The largest absolute Gasteiger partial charge is 0.143 e. The Labute approximate surface area is 91.8 Å². The van der Waals surface area contributed by atoms with Crippen LogP contribution >= 0.6 is 12.6 Å². The Morgan fingerprint density at radius 1 is 1.29 bits per heavy atom. The molecule has 1 heteroatoms. The number of hydrogen-bond acceptors (Lipinski definition) is 1. The molecule has 0 saturated heterocycles. The molecule has 0 nitrogen and oxygen atoms in total. The Morgan fingerprint density at radius 3 is 2.43 bits per heavy atom. The van der Waals surface area contributed by atoms with Gasteiger partial charge in [-0.05, 0) is 36.6 Å². The first-order chi connectivity index (χ1) is 6.77. The molecule has 1 rings (SSSR count). The second kappa shape index (κ2) is 5.71. The van der Waals surface area contributed by atoms with Crippen LogP contribution in [0.2, 0.25) is 0 Å². The highest BCUT2D eigenvalue weighted by molar-refractivity contribution is 7.80. The van der Waals surface area contributed by atoms with Gasteiger partial charge < -0.3 is 0 Å². The van der Waals surface area contributed by atoms with Crippen molar-refractivity contribution >= 4 is 18.2 Å². The van der Waals surface area contributed by atoms with Gasteiger partial charge in [0.2, 0.25) is 0 Å². The van der Waals surface area contributed by atoms with E-state index in [1.807, 2.05) is 19.1 Å². The maximum absolute atomic E-state index is 4.27. The van der Waals surface area contributed by atoms with Gasteiger partial charge in [-0.25, -0.2) is 0 Å². The maximum Gasteiger partial charge on any atom is 0.00404 e. The third-order valence-corrected chi connectivity index (χ3v) is 2.27. The summed E-state index contributed by atoms with van der Waals surface area (Å²) in [6, 6.07) is 8.24. The van der Waals surface area contributed by atoms with Gasteiger partial charge in [-0.15, -0.1) is 12.6 Å². The van der Waals surface area contributed by atoms with E-state index in [0.717, 1.165) is 11.3 Å². The molecule has 0 N–H and O–H groups in total. The first-order valence-corrected chi connectivity index (χ1v) is 5.35. The predicted octanol–water partition coefficient (Wildman–Crippen LogP) is 4.34. The highest BCUT2D eigenvalue weighted by atomic mass is 32.1. The summed E-state index contributed by atoms with van der Waals surface area (Å²) in [7, 11) is 0. The topological polar surface area (TPSA) is 0 Å². The first kappa shape index (κ1) is 11.1. The molecule has 0 saturated carbocycles. The van der Waals surface area contributed by atoms with Crippen LogP contribution < -0.4 is 0 Å². The van der Waals surface area contributed by atoms with Gasteiger partial charge in [0.25, 0.3) is 0 Å². The van der Waals surface area contributed by atoms with E-state index in [1.165, 1.54) is 11.1 Å². The Kier molecular flexibility index (Phi) is 4.54. The number of benzene rings is 1. The van der Waals surface area contributed by atoms with E-state index in [9.17, 15) is 0 Å². The van der Waals surface area contributed by atoms with Crippen LogP contribution in [0.1, 0.15) is 25.8 Å². The van der Waals surface area contributed by atoms with Crippen LogP contribution in [-0.4, -0.2) is 0 Å². The van der Waals surface area contributed by atoms with Crippen molar-refractivity contribution in [1.82, 2.24) is 0 Å². The van der Waals surface area contributed by atoms with E-state index in [0.29, 0.717) is 0 Å². The van der Waals surface area contributed by atoms with E-state index >= 15 is 0 Å². The minimum absolute atomic E-state index is 1.00. The average molecular weight is 204 g/mol. The third kappa shape index (κ3) is 3.08. The van der Waals surface area contributed by atoms with Gasteiger partial charge in [0.1, 0.15) is 0 Å². The van der Waals surface area contributed by atoms with Gasteiger partial charge in [0, 0.05) is 4.90 Å². The van der Waals surface area contributed by atoms with Crippen LogP contribution in [0.25, 0.3) is 5.57 Å². The first-order valence-electron chi connectivity index (χ1n) is 4.90. The van der Waals surface area contributed by atoms with E-state index in [1.54, 1.807) is 0 Å². The zero-order valence-electron chi connectivity index (χ0n) is 8.70. The summed E-state index contributed by atoms with van der Waals surface area (Å²) in [6.45, 7) is 4.19. The van der Waals surface area contributed by atoms with Crippen molar-refractivity contribution in [2.45, 2.75) is 25.2 Å². The SMILES string of the molecule is C/C=C\C(=C/CC)c1ccc(S)cc1. The molecule has 0 unspecified atom stereocenters. The Balaban J connectivity index is 3.00. The average Bonchev–Trinajstić information content (AvgIpc) is 2.19. The summed E-state index contributed by atoms with van der Waals surface area (Å²) in [4.78, 5) is 1.00. The molecule has 0 amide bonds. The van der Waals surface area contributed by atoms with Gasteiger partial charge in [-0.1, -0.05) is 37.3 Å². The molecular formula is C13H16S. The molecule has 1 aromatic carbocycles. The Bertz CT molecular complexity index is 331. The Hall–Kier alpha value is -0.950. The highest BCUT2D eigenvalue weighted by Crippen LogP contribution is 2.18. The molecule has 0 spiro atoms. The zero-order chi connectivity index (χ0) is 10.4. The Morgan fingerprint density at radius 2 is 1.93 bits per heavy atom. The van der Waals surface area contributed by atoms with Crippen molar-refractivity contribution in [2.24, 2.45) is 0 Å². The third-order valence-electron chi connectivity index (χ3n) is 1.97. The van der Waals surface area contributed by atoms with Crippen molar-refractivity contribution in [3.8, 4) is 0 Å². The number of thiol groups is 1. The lowest BCUT2D eigenvalue weighted by atomic mass is 10.0. The van der Waals surface area contributed by atoms with E-state index in [-0.39, 0.29) is 0 Å². The molecule has 0 aliphatic carbocycles. The standard InChI is InChI=1S/C13H16S/c1-3-5-11(6-4-2)12-7-9-13(14)10-8-12/h3,5-10,14H,4H2,1-2H3/b5-3-,11-6+. The van der Waals surface area contributed by atoms with Crippen LogP contribution in [0.5, 0.6) is 0 Å². The zero-order valence-corrected chi connectivity index (χ0v) is 9.59. The van der Waals surface area contributed by atoms with Crippen molar-refractivity contribution in [3.05, 3.63) is 48.1 Å². The molecule has 0 aliphatic rings. The molecule has 0 aliphatic heterocycles. The van der Waals surface area contributed by atoms with Crippen LogP contribution in [0.15, 0.2) is 47.4 Å². The number of rotatable bonds is 3. The summed E-state index contributed by atoms with van der Waals surface area (Å²) >= 11 is 4.27. The molecule has 74 valence electrons. The number of allylic oxidation sites excluding steroid dienone is 4. The number of hydrogen-bond donors (Lipinski definition) is 1. The molecule has 0 heterocycles. The summed E-state index contributed by atoms with van der Waals surface area (Å²) in [5.41, 5.74) is 2.53. The predicted molar refractivity (Wildman–Crippen MR) is 66.8 cm³/mol. The minimum Gasteiger partial charge on any atom is -0.143 e. The highest BCUT2D eigenvalue weighted by Gasteiger charge is 1.95. The maximum atomic E-state index is 4.27. The molecular weight excluding hydrogens is 188 g/mol. The molecule has 0 atom stereocenters. The summed E-state index contributed by atoms with van der Waals surface area (Å²) < 4.78 is 0. The molecule has 0 aromatic heterocycles. The second-order valence-corrected chi connectivity index (χ2v) is 3.63. The molecule has 0 bridgehead atoms. The lowest BCUT2D eigenvalue weighted by Gasteiger charge is -2.02. The van der Waals surface area contributed by atoms with Crippen molar-refractivity contribution in [2.75, 3.05) is 0 Å². The van der Waals surface area contributed by atoms with E-state index in [2.05, 4.69) is 49.9 Å². The minimum atomic E-state index is 1.00. The van der Waals surface area contributed by atoms with Crippen LogP contribution in [0.3, 0.4) is 0 Å². The normalized spacial score (nSPS) is 12.4. The van der Waals surface area contributed by atoms with Gasteiger partial charge in [0.05, 0.1) is 0 Å². The fourth-order valence-corrected chi connectivity index (χ4v) is 1.48. The lowest BCUT2D eigenvalue weighted by Crippen LogP contribution is -1.80. The van der Waals surface area contributed by atoms with Crippen LogP contribution in [0, 0.1) is 0 Å². The van der Waals surface area contributed by atoms with Crippen LogP contribution in [-0.2, 0) is 0 Å².